The number of rotatable bonds is 6. The summed E-state index contributed by atoms with van der Waals surface area (Å²) in [5.74, 6) is 3.27. The molecule has 1 atom stereocenters. The van der Waals surface area contributed by atoms with Gasteiger partial charge in [-0.1, -0.05) is 13.0 Å². The Labute approximate surface area is 108 Å². The van der Waals surface area contributed by atoms with Gasteiger partial charge in [-0.2, -0.15) is 11.8 Å². The van der Waals surface area contributed by atoms with E-state index in [0.717, 1.165) is 23.9 Å². The molecule has 0 saturated carbocycles. The van der Waals surface area contributed by atoms with Gasteiger partial charge in [-0.25, -0.2) is 0 Å². The fraction of sp³-hybridized carbons (Fsp3) is 0.571. The summed E-state index contributed by atoms with van der Waals surface area (Å²) in [4.78, 5) is 0. The van der Waals surface area contributed by atoms with Crippen molar-refractivity contribution < 1.29 is 4.74 Å². The lowest BCUT2D eigenvalue weighted by molar-refractivity contribution is 0.343. The molecule has 0 amide bonds. The van der Waals surface area contributed by atoms with Crippen molar-refractivity contribution in [3.05, 3.63) is 29.3 Å². The first-order valence-electron chi connectivity index (χ1n) is 6.35. The maximum absolute atomic E-state index is 5.76. The molecule has 2 nitrogen and oxygen atoms in total. The van der Waals surface area contributed by atoms with Crippen LogP contribution < -0.4 is 10.1 Å². The third-order valence-electron chi connectivity index (χ3n) is 3.24. The van der Waals surface area contributed by atoms with Gasteiger partial charge in [0.25, 0.3) is 0 Å². The fourth-order valence-corrected chi connectivity index (χ4v) is 2.84. The zero-order valence-electron chi connectivity index (χ0n) is 10.7. The predicted molar refractivity (Wildman–Crippen MR) is 75.1 cm³/mol. The van der Waals surface area contributed by atoms with E-state index in [4.69, 9.17) is 4.74 Å². The van der Waals surface area contributed by atoms with Crippen LogP contribution in [0.2, 0.25) is 0 Å². The van der Waals surface area contributed by atoms with Crippen molar-refractivity contribution in [3.63, 3.8) is 0 Å². The van der Waals surface area contributed by atoms with Crippen molar-refractivity contribution in [1.82, 2.24) is 5.32 Å². The van der Waals surface area contributed by atoms with Crippen LogP contribution in [0.4, 0.5) is 0 Å². The van der Waals surface area contributed by atoms with Gasteiger partial charge in [-0.15, -0.1) is 0 Å². The molecule has 1 N–H and O–H groups in total. The molecule has 1 aliphatic rings. The Bertz CT molecular complexity index is 367. The molecule has 1 aromatic carbocycles. The second kappa shape index (κ2) is 6.31. The molecule has 0 aliphatic heterocycles. The summed E-state index contributed by atoms with van der Waals surface area (Å²) in [5.41, 5.74) is 2.90. The first kappa shape index (κ1) is 12.8. The maximum atomic E-state index is 5.76. The molecular weight excluding hydrogens is 230 g/mol. The molecular formula is C14H21NOS. The number of benzene rings is 1. The average Bonchev–Trinajstić information content (AvgIpc) is 2.77. The van der Waals surface area contributed by atoms with Crippen molar-refractivity contribution in [3.8, 4) is 5.75 Å². The molecule has 1 aliphatic carbocycles. The van der Waals surface area contributed by atoms with Gasteiger partial charge in [0, 0.05) is 11.8 Å². The van der Waals surface area contributed by atoms with Crippen LogP contribution in [0.15, 0.2) is 18.2 Å². The largest absolute Gasteiger partial charge is 0.493 e. The third kappa shape index (κ3) is 3.17. The van der Waals surface area contributed by atoms with Gasteiger partial charge in [-0.05, 0) is 48.9 Å². The van der Waals surface area contributed by atoms with E-state index in [2.05, 4.69) is 30.4 Å². The Morgan fingerprint density at radius 2 is 2.35 bits per heavy atom. The maximum Gasteiger partial charge on any atom is 0.119 e. The lowest BCUT2D eigenvalue weighted by atomic mass is 10.1. The van der Waals surface area contributed by atoms with Gasteiger partial charge in [-0.3, -0.25) is 0 Å². The molecule has 0 aromatic heterocycles. The Hall–Kier alpha value is -0.670. The van der Waals surface area contributed by atoms with Crippen molar-refractivity contribution in [2.45, 2.75) is 25.8 Å². The lowest BCUT2D eigenvalue weighted by Crippen LogP contribution is -2.12. The Balaban J connectivity index is 1.93. The quantitative estimate of drug-likeness (QED) is 0.785. The number of ether oxygens (including phenoxy) is 1. The van der Waals surface area contributed by atoms with Crippen molar-refractivity contribution in [1.29, 1.82) is 0 Å². The minimum atomic E-state index is 0.537. The second-order valence-electron chi connectivity index (χ2n) is 4.29. The van der Waals surface area contributed by atoms with Crippen LogP contribution in [0.5, 0.6) is 5.75 Å². The van der Waals surface area contributed by atoms with Gasteiger partial charge in [0.05, 0.1) is 6.61 Å². The lowest BCUT2D eigenvalue weighted by Gasteiger charge is -2.11. The number of thioether (sulfide) groups is 1. The summed E-state index contributed by atoms with van der Waals surface area (Å²) < 4.78 is 5.76. The topological polar surface area (TPSA) is 21.3 Å². The molecule has 0 fully saturated rings. The normalized spacial score (nSPS) is 18.1. The van der Waals surface area contributed by atoms with Gasteiger partial charge < -0.3 is 10.1 Å². The molecule has 0 spiro atoms. The summed E-state index contributed by atoms with van der Waals surface area (Å²) in [7, 11) is 2.03. The van der Waals surface area contributed by atoms with E-state index in [9.17, 15) is 0 Å². The monoisotopic (exact) mass is 251 g/mol. The number of fused-ring (bicyclic) bond motifs is 1. The number of hydrogen-bond donors (Lipinski definition) is 1. The summed E-state index contributed by atoms with van der Waals surface area (Å²) in [6.45, 7) is 2.99. The number of nitrogens with one attached hydrogen (secondary N) is 1. The van der Waals surface area contributed by atoms with Crippen LogP contribution >= 0.6 is 11.8 Å². The highest BCUT2D eigenvalue weighted by molar-refractivity contribution is 7.99. The zero-order chi connectivity index (χ0) is 12.1. The molecule has 3 heteroatoms. The Morgan fingerprint density at radius 1 is 1.47 bits per heavy atom. The van der Waals surface area contributed by atoms with Crippen molar-refractivity contribution in [2.75, 3.05) is 25.2 Å². The number of aryl methyl sites for hydroxylation is 1. The SMILES string of the molecule is CCSCCOc1ccc2c(c1)CCC2NC. The van der Waals surface area contributed by atoms with Crippen LogP contribution in [0.3, 0.4) is 0 Å². The van der Waals surface area contributed by atoms with Crippen LogP contribution in [0.1, 0.15) is 30.5 Å². The van der Waals surface area contributed by atoms with E-state index < -0.39 is 0 Å². The second-order valence-corrected chi connectivity index (χ2v) is 5.68. The highest BCUT2D eigenvalue weighted by Gasteiger charge is 2.20. The van der Waals surface area contributed by atoms with Crippen molar-refractivity contribution >= 4 is 11.8 Å². The fourth-order valence-electron chi connectivity index (χ4n) is 2.35. The van der Waals surface area contributed by atoms with Crippen LogP contribution in [0, 0.1) is 0 Å². The molecule has 1 aromatic rings. The molecule has 94 valence electrons. The highest BCUT2D eigenvalue weighted by atomic mass is 32.2. The molecule has 1 unspecified atom stereocenters. The molecule has 17 heavy (non-hydrogen) atoms. The summed E-state index contributed by atoms with van der Waals surface area (Å²) >= 11 is 1.92. The summed E-state index contributed by atoms with van der Waals surface area (Å²) in [6, 6.07) is 7.06. The molecule has 0 bridgehead atoms. The van der Waals surface area contributed by atoms with Gasteiger partial charge in [0.1, 0.15) is 5.75 Å². The minimum absolute atomic E-state index is 0.537. The van der Waals surface area contributed by atoms with E-state index in [1.807, 2.05) is 18.8 Å². The van der Waals surface area contributed by atoms with Gasteiger partial charge in [0.15, 0.2) is 0 Å². The first-order valence-corrected chi connectivity index (χ1v) is 7.51. The van der Waals surface area contributed by atoms with E-state index >= 15 is 0 Å². The van der Waals surface area contributed by atoms with E-state index in [-0.39, 0.29) is 0 Å². The molecule has 0 radical (unpaired) electrons. The smallest absolute Gasteiger partial charge is 0.119 e. The zero-order valence-corrected chi connectivity index (χ0v) is 11.5. The minimum Gasteiger partial charge on any atom is -0.493 e. The average molecular weight is 251 g/mol. The number of hydrogen-bond acceptors (Lipinski definition) is 3. The van der Waals surface area contributed by atoms with Gasteiger partial charge in [0.2, 0.25) is 0 Å². The summed E-state index contributed by atoms with van der Waals surface area (Å²) in [6.07, 6.45) is 2.38. The van der Waals surface area contributed by atoms with Crippen LogP contribution in [0.25, 0.3) is 0 Å². The molecule has 2 rings (SSSR count). The van der Waals surface area contributed by atoms with E-state index in [1.165, 1.54) is 24.0 Å². The van der Waals surface area contributed by atoms with Crippen LogP contribution in [-0.2, 0) is 6.42 Å². The standard InChI is InChI=1S/C14H21NOS/c1-3-17-9-8-16-12-5-6-13-11(10-12)4-7-14(13)15-2/h5-6,10,14-15H,3-4,7-9H2,1-2H3. The van der Waals surface area contributed by atoms with E-state index in [0.29, 0.717) is 6.04 Å². The Kier molecular flexibility index (Phi) is 4.75. The van der Waals surface area contributed by atoms with Gasteiger partial charge >= 0.3 is 0 Å². The highest BCUT2D eigenvalue weighted by Crippen LogP contribution is 2.33. The first-order chi connectivity index (χ1) is 8.35. The van der Waals surface area contributed by atoms with Crippen LogP contribution in [-0.4, -0.2) is 25.2 Å². The summed E-state index contributed by atoms with van der Waals surface area (Å²) in [5, 5.41) is 3.36. The molecule has 0 saturated heterocycles. The predicted octanol–water partition coefficient (Wildman–Crippen LogP) is 3.03. The molecule has 0 heterocycles. The third-order valence-corrected chi connectivity index (χ3v) is 4.10. The van der Waals surface area contributed by atoms with E-state index in [1.54, 1.807) is 0 Å². The van der Waals surface area contributed by atoms with Crippen molar-refractivity contribution in [2.24, 2.45) is 0 Å². The Morgan fingerprint density at radius 3 is 3.12 bits per heavy atom.